The van der Waals surface area contributed by atoms with Gasteiger partial charge in [-0.15, -0.1) is 0 Å². The number of carbonyl (C=O) groups is 4. The van der Waals surface area contributed by atoms with Crippen molar-refractivity contribution in [1.82, 2.24) is 31.2 Å². The van der Waals surface area contributed by atoms with Crippen LogP contribution in [0.5, 0.6) is 0 Å². The fourth-order valence-corrected chi connectivity index (χ4v) is 12.2. The number of nitrogens with zero attached hydrogens (tertiary/aromatic N) is 4. The number of hydrogen-bond donors (Lipinski definition) is 7. The monoisotopic (exact) mass is 1190 g/mol. The first-order valence-electron chi connectivity index (χ1n) is 27.0. The van der Waals surface area contributed by atoms with Crippen molar-refractivity contribution in [2.24, 2.45) is 0 Å². The van der Waals surface area contributed by atoms with Gasteiger partial charge in [-0.1, -0.05) is 69.3 Å². The molecule has 0 atom stereocenters. The van der Waals surface area contributed by atoms with Crippen LogP contribution in [0.3, 0.4) is 0 Å². The number of amides is 4. The van der Waals surface area contributed by atoms with Gasteiger partial charge in [-0.2, -0.15) is 29.8 Å². The van der Waals surface area contributed by atoms with E-state index >= 15 is 0 Å². The van der Waals surface area contributed by atoms with Crippen molar-refractivity contribution in [3.63, 3.8) is 0 Å². The van der Waals surface area contributed by atoms with Crippen molar-refractivity contribution in [3.05, 3.63) is 143 Å². The Morgan fingerprint density at radius 3 is 1.47 bits per heavy atom. The van der Waals surface area contributed by atoms with E-state index in [1.54, 1.807) is 26.0 Å². The third-order valence-corrected chi connectivity index (χ3v) is 16.9. The summed E-state index contributed by atoms with van der Waals surface area (Å²) in [6, 6.07) is 25.7. The summed E-state index contributed by atoms with van der Waals surface area (Å²) >= 11 is 0. The lowest BCUT2D eigenvalue weighted by Crippen LogP contribution is -2.32. The highest BCUT2D eigenvalue weighted by molar-refractivity contribution is 7.86. The molecule has 24 heteroatoms. The zero-order valence-corrected chi connectivity index (χ0v) is 49.5. The Morgan fingerprint density at radius 2 is 1.01 bits per heavy atom. The molecule has 4 amide bonds. The number of nitrogens with one attached hydrogen (secondary N) is 4. The molecule has 0 aliphatic carbocycles. The molecule has 0 bridgehead atoms. The minimum Gasteiger partial charge on any atom is -0.351 e. The first-order chi connectivity index (χ1) is 39.1. The molecule has 438 valence electrons. The molecular formula is C59H67N8O13S3+. The van der Waals surface area contributed by atoms with Crippen LogP contribution >= 0.6 is 0 Å². The summed E-state index contributed by atoms with van der Waals surface area (Å²) < 4.78 is 101. The summed E-state index contributed by atoms with van der Waals surface area (Å²) in [6.45, 7) is 14.5. The predicted molar refractivity (Wildman–Crippen MR) is 320 cm³/mol. The van der Waals surface area contributed by atoms with Crippen LogP contribution in [-0.4, -0.2) is 139 Å². The van der Waals surface area contributed by atoms with Gasteiger partial charge in [0.1, 0.15) is 29.3 Å². The van der Waals surface area contributed by atoms with Crippen LogP contribution in [-0.2, 0) is 41.2 Å². The lowest BCUT2D eigenvalue weighted by atomic mass is 9.79. The molecule has 0 radical (unpaired) electrons. The largest absolute Gasteiger partial charge is 0.351 e. The van der Waals surface area contributed by atoms with Crippen LogP contribution in [0.2, 0.25) is 0 Å². The van der Waals surface area contributed by atoms with E-state index in [0.29, 0.717) is 36.3 Å². The van der Waals surface area contributed by atoms with Crippen LogP contribution in [0.25, 0.3) is 43.8 Å². The number of aromatic nitrogens is 2. The number of hydrogen-bond acceptors (Lipinski definition) is 13. The standard InChI is InChI=1S/C59H66N8O13S3/c1-8-25-66-50(58(4,5)44-34-42(38-17-11-13-19-40(38)52(44)66)37-32-48(56(70)62-23-28-82(75,76)77)65-49(33-37)57(71)63-24-29-83(78,79)80)21-15-22-51-59(6,7)45-35-43(36-30-46(54(68)60-9-2)64-47(31-36)55(69)61-10-3)39-18-12-14-20-41(39)53(45)67(51)26-16-27-81(72,73)74/h11-15,17-22,30-35H,8-10,16,23-29H2,1-7H3,(H6-,60,61,62,63,68,69,70,71,72,73,74,75,76,77,78,79,80)/p+1. The van der Waals surface area contributed by atoms with Crippen LogP contribution in [0.15, 0.2) is 109 Å². The summed E-state index contributed by atoms with van der Waals surface area (Å²) in [5.41, 5.74) is 5.65. The third-order valence-electron chi connectivity index (χ3n) is 14.7. The van der Waals surface area contributed by atoms with Crippen LogP contribution in [0.1, 0.15) is 114 Å². The summed E-state index contributed by atoms with van der Waals surface area (Å²) in [5.74, 6) is -4.66. The van der Waals surface area contributed by atoms with Gasteiger partial charge in [0, 0.05) is 67.3 Å². The molecule has 6 aromatic rings. The Labute approximate surface area is 482 Å². The molecule has 4 aromatic carbocycles. The van der Waals surface area contributed by atoms with E-state index in [9.17, 15) is 58.1 Å². The second-order valence-electron chi connectivity index (χ2n) is 21.3. The number of fused-ring (bicyclic) bond motifs is 6. The maximum absolute atomic E-state index is 13.6. The van der Waals surface area contributed by atoms with Gasteiger partial charge in [0.2, 0.25) is 5.69 Å². The van der Waals surface area contributed by atoms with Gasteiger partial charge >= 0.3 is 0 Å². The quantitative estimate of drug-likeness (QED) is 0.0262. The van der Waals surface area contributed by atoms with Gasteiger partial charge in [0.25, 0.3) is 54.0 Å². The zero-order chi connectivity index (χ0) is 60.4. The van der Waals surface area contributed by atoms with E-state index in [2.05, 4.69) is 87.5 Å². The molecule has 0 saturated carbocycles. The summed E-state index contributed by atoms with van der Waals surface area (Å²) in [7, 11) is -13.2. The number of carbonyl (C=O) groups excluding carboxylic acids is 4. The van der Waals surface area contributed by atoms with Gasteiger partial charge < -0.3 is 26.2 Å². The molecule has 21 nitrogen and oxygen atoms in total. The molecule has 2 aromatic heterocycles. The first-order valence-corrected chi connectivity index (χ1v) is 31.9. The Kier molecular flexibility index (Phi) is 17.9. The maximum Gasteiger partial charge on any atom is 0.269 e. The Morgan fingerprint density at radius 1 is 0.578 bits per heavy atom. The first kappa shape index (κ1) is 61.3. The Balaban J connectivity index is 1.27. The summed E-state index contributed by atoms with van der Waals surface area (Å²) in [5, 5.41) is 13.6. The van der Waals surface area contributed by atoms with E-state index in [1.165, 1.54) is 12.1 Å². The third kappa shape index (κ3) is 13.4. The molecular weight excluding hydrogens is 1120 g/mol. The van der Waals surface area contributed by atoms with E-state index in [1.807, 2.05) is 66.7 Å². The van der Waals surface area contributed by atoms with Crippen molar-refractivity contribution in [1.29, 1.82) is 0 Å². The molecule has 0 fully saturated rings. The normalized spacial score (nSPS) is 15.3. The fraction of sp³-hybridized carbons (Fsp3) is 0.339. The van der Waals surface area contributed by atoms with Crippen LogP contribution < -0.4 is 26.2 Å². The van der Waals surface area contributed by atoms with Crippen molar-refractivity contribution >= 4 is 92.6 Å². The number of benzene rings is 4. The minimum atomic E-state index is -4.45. The number of rotatable bonds is 22. The fourth-order valence-electron chi connectivity index (χ4n) is 11.0. The average Bonchev–Trinajstić information content (AvgIpc) is 2.47. The summed E-state index contributed by atoms with van der Waals surface area (Å²) in [4.78, 5) is 64.9. The summed E-state index contributed by atoms with van der Waals surface area (Å²) in [6.07, 6.45) is 6.86. The highest BCUT2D eigenvalue weighted by Gasteiger charge is 2.47. The van der Waals surface area contributed by atoms with E-state index in [0.717, 1.165) is 67.4 Å². The molecule has 0 saturated heterocycles. The highest BCUT2D eigenvalue weighted by atomic mass is 32.2. The van der Waals surface area contributed by atoms with Gasteiger partial charge in [0.15, 0.2) is 5.71 Å². The minimum absolute atomic E-state index is 0.0689. The Hall–Kier alpha value is -7.74. The van der Waals surface area contributed by atoms with E-state index < -0.39 is 95.2 Å². The smallest absolute Gasteiger partial charge is 0.269 e. The number of allylic oxidation sites excluding steroid dienone is 4. The molecule has 2 aliphatic heterocycles. The lowest BCUT2D eigenvalue weighted by molar-refractivity contribution is -0.435. The van der Waals surface area contributed by atoms with Crippen molar-refractivity contribution < 1.29 is 62.7 Å². The maximum atomic E-state index is 13.6. The second-order valence-corrected chi connectivity index (χ2v) is 26.0. The van der Waals surface area contributed by atoms with Gasteiger partial charge in [-0.25, -0.2) is 9.97 Å². The molecule has 83 heavy (non-hydrogen) atoms. The number of anilines is 1. The molecule has 8 rings (SSSR count). The van der Waals surface area contributed by atoms with Crippen LogP contribution in [0.4, 0.5) is 11.4 Å². The predicted octanol–water partition coefficient (Wildman–Crippen LogP) is 7.15. The molecule has 0 spiro atoms. The number of pyridine rings is 2. The highest BCUT2D eigenvalue weighted by Crippen LogP contribution is 2.53. The average molecular weight is 1190 g/mol. The topological polar surface area (TPSA) is 312 Å². The molecule has 0 unspecified atom stereocenters. The zero-order valence-electron chi connectivity index (χ0n) is 47.0. The van der Waals surface area contributed by atoms with Crippen molar-refractivity contribution in [2.45, 2.75) is 72.1 Å². The van der Waals surface area contributed by atoms with Gasteiger partial charge in [-0.05, 0) is 121 Å². The molecule has 2 aliphatic rings. The van der Waals surface area contributed by atoms with E-state index in [-0.39, 0.29) is 35.7 Å². The van der Waals surface area contributed by atoms with Gasteiger partial charge in [-0.3, -0.25) is 32.8 Å². The lowest BCUT2D eigenvalue weighted by Gasteiger charge is -2.27. The van der Waals surface area contributed by atoms with E-state index in [4.69, 9.17) is 0 Å². The molecule has 4 heterocycles. The van der Waals surface area contributed by atoms with Crippen LogP contribution in [0, 0.1) is 0 Å². The SMILES string of the molecule is CCCN1/C(=C/C=C/C2=[N+](CCCS(=O)(=O)O)c3c(cc(-c4cc(C(=O)NCC)nc(C(=O)NCC)c4)c4ccccc34)C2(C)C)C(C)(C)c2cc(-c3cc(C(=O)NCCS(=O)(=O)O)nc(C(=O)NCCS(=O)(=O)O)c3)c3ccccc3c21. The van der Waals surface area contributed by atoms with Gasteiger partial charge in [0.05, 0.1) is 33.7 Å². The van der Waals surface area contributed by atoms with Crippen molar-refractivity contribution in [3.8, 4) is 22.3 Å². The Bertz CT molecular complexity index is 3980. The second kappa shape index (κ2) is 24.2. The van der Waals surface area contributed by atoms with Crippen molar-refractivity contribution in [2.75, 3.05) is 61.4 Å². The molecule has 7 N–H and O–H groups in total.